The van der Waals surface area contributed by atoms with E-state index in [1.807, 2.05) is 63.2 Å². The maximum absolute atomic E-state index is 12.9. The fourth-order valence-electron chi connectivity index (χ4n) is 2.87. The minimum Gasteiger partial charge on any atom is -0.307 e. The molecule has 0 saturated carbocycles. The summed E-state index contributed by atoms with van der Waals surface area (Å²) in [5.41, 5.74) is 4.54. The Morgan fingerprint density at radius 1 is 1.00 bits per heavy atom. The molecule has 3 nitrogen and oxygen atoms in total. The lowest BCUT2D eigenvalue weighted by atomic mass is 10.1. The van der Waals surface area contributed by atoms with Crippen molar-refractivity contribution < 1.29 is 4.79 Å². The van der Waals surface area contributed by atoms with Crippen LogP contribution in [0.4, 0.5) is 5.69 Å². The lowest BCUT2D eigenvalue weighted by molar-refractivity contribution is 0.0984. The van der Waals surface area contributed by atoms with Crippen molar-refractivity contribution in [1.29, 1.82) is 0 Å². The minimum atomic E-state index is -0.0664. The van der Waals surface area contributed by atoms with Gasteiger partial charge in [0, 0.05) is 17.6 Å². The van der Waals surface area contributed by atoms with Gasteiger partial charge in [0.15, 0.2) is 0 Å². The summed E-state index contributed by atoms with van der Waals surface area (Å²) in [7, 11) is 0. The maximum atomic E-state index is 12.9. The van der Waals surface area contributed by atoms with E-state index in [1.165, 1.54) is 0 Å². The first-order valence-electron chi connectivity index (χ1n) is 7.84. The number of pyridine rings is 1. The summed E-state index contributed by atoms with van der Waals surface area (Å²) in [5.74, 6) is -0.0664. The molecule has 23 heavy (non-hydrogen) atoms. The zero-order valence-electron chi connectivity index (χ0n) is 13.7. The number of fused-ring (bicyclic) bond motifs is 1. The number of hydrogen-bond donors (Lipinski definition) is 0. The van der Waals surface area contributed by atoms with Gasteiger partial charge < -0.3 is 4.90 Å². The third kappa shape index (κ3) is 3.09. The van der Waals surface area contributed by atoms with E-state index in [2.05, 4.69) is 11.1 Å². The number of aryl methyl sites for hydroxylation is 2. The quantitative estimate of drug-likeness (QED) is 0.713. The zero-order chi connectivity index (χ0) is 16.4. The Morgan fingerprint density at radius 3 is 2.39 bits per heavy atom. The summed E-state index contributed by atoms with van der Waals surface area (Å²) in [6.07, 6.45) is 0. The van der Waals surface area contributed by atoms with Crippen molar-refractivity contribution >= 4 is 22.5 Å². The molecule has 3 rings (SSSR count). The minimum absolute atomic E-state index is 0.0664. The van der Waals surface area contributed by atoms with Gasteiger partial charge in [0.05, 0.1) is 5.52 Å². The van der Waals surface area contributed by atoms with E-state index in [9.17, 15) is 4.79 Å². The number of amides is 1. The average molecular weight is 304 g/mol. The van der Waals surface area contributed by atoms with Gasteiger partial charge in [0.2, 0.25) is 0 Å². The molecule has 0 radical (unpaired) electrons. The number of rotatable bonds is 3. The Bertz CT molecular complexity index is 850. The largest absolute Gasteiger partial charge is 0.307 e. The molecule has 116 valence electrons. The molecule has 0 unspecified atom stereocenters. The molecule has 1 aromatic heterocycles. The molecule has 0 aliphatic rings. The number of para-hydroxylation sites is 1. The summed E-state index contributed by atoms with van der Waals surface area (Å²) in [4.78, 5) is 19.2. The number of anilines is 1. The molecule has 2 aromatic carbocycles. The molecular formula is C20H20N2O. The molecule has 0 saturated heterocycles. The fourth-order valence-corrected chi connectivity index (χ4v) is 2.87. The number of hydrogen-bond acceptors (Lipinski definition) is 2. The maximum Gasteiger partial charge on any atom is 0.276 e. The molecular weight excluding hydrogens is 284 g/mol. The van der Waals surface area contributed by atoms with Crippen molar-refractivity contribution in [2.75, 3.05) is 11.4 Å². The fraction of sp³-hybridized carbons (Fsp3) is 0.200. The van der Waals surface area contributed by atoms with Gasteiger partial charge in [-0.15, -0.1) is 0 Å². The van der Waals surface area contributed by atoms with E-state index < -0.39 is 0 Å². The summed E-state index contributed by atoms with van der Waals surface area (Å²) in [6, 6.07) is 17.8. The lowest BCUT2D eigenvalue weighted by Gasteiger charge is -2.22. The van der Waals surface area contributed by atoms with E-state index in [0.29, 0.717) is 12.2 Å². The van der Waals surface area contributed by atoms with Crippen LogP contribution in [-0.4, -0.2) is 17.4 Å². The van der Waals surface area contributed by atoms with Crippen LogP contribution in [0, 0.1) is 13.8 Å². The molecule has 0 aliphatic heterocycles. The summed E-state index contributed by atoms with van der Waals surface area (Å²) < 4.78 is 0. The predicted octanol–water partition coefficient (Wildman–Crippen LogP) is 4.52. The second-order valence-electron chi connectivity index (χ2n) is 5.78. The van der Waals surface area contributed by atoms with Gasteiger partial charge in [-0.2, -0.15) is 0 Å². The van der Waals surface area contributed by atoms with Crippen LogP contribution in [-0.2, 0) is 0 Å². The molecule has 0 spiro atoms. The Balaban J connectivity index is 2.01. The molecule has 0 N–H and O–H groups in total. The van der Waals surface area contributed by atoms with Gasteiger partial charge in [-0.3, -0.25) is 4.79 Å². The Hall–Kier alpha value is -2.68. The van der Waals surface area contributed by atoms with Crippen LogP contribution >= 0.6 is 0 Å². The van der Waals surface area contributed by atoms with E-state index >= 15 is 0 Å². The molecule has 0 aliphatic carbocycles. The topological polar surface area (TPSA) is 33.2 Å². The van der Waals surface area contributed by atoms with E-state index in [0.717, 1.165) is 27.7 Å². The van der Waals surface area contributed by atoms with Crippen molar-refractivity contribution in [3.05, 3.63) is 71.4 Å². The Kier molecular flexibility index (Phi) is 4.11. The normalized spacial score (nSPS) is 10.7. The van der Waals surface area contributed by atoms with Crippen LogP contribution in [0.25, 0.3) is 10.9 Å². The number of aromatic nitrogens is 1. The van der Waals surface area contributed by atoms with Crippen molar-refractivity contribution in [2.45, 2.75) is 20.8 Å². The van der Waals surface area contributed by atoms with E-state index in [4.69, 9.17) is 0 Å². The van der Waals surface area contributed by atoms with Crippen molar-refractivity contribution in [3.63, 3.8) is 0 Å². The SMILES string of the molecule is CCN(C(=O)c1ccc2ccccc2n1)c1cc(C)cc(C)c1. The smallest absolute Gasteiger partial charge is 0.276 e. The van der Waals surface area contributed by atoms with E-state index in [1.54, 1.807) is 11.0 Å². The highest BCUT2D eigenvalue weighted by atomic mass is 16.2. The molecule has 0 atom stereocenters. The summed E-state index contributed by atoms with van der Waals surface area (Å²) in [6.45, 7) is 6.68. The van der Waals surface area contributed by atoms with Crippen molar-refractivity contribution in [1.82, 2.24) is 4.98 Å². The molecule has 0 bridgehead atoms. The molecule has 3 aromatic rings. The number of benzene rings is 2. The number of carbonyl (C=O) groups is 1. The van der Waals surface area contributed by atoms with E-state index in [-0.39, 0.29) is 5.91 Å². The highest BCUT2D eigenvalue weighted by Crippen LogP contribution is 2.21. The van der Waals surface area contributed by atoms with Gasteiger partial charge in [-0.05, 0) is 56.2 Å². The first-order chi connectivity index (χ1) is 11.1. The first kappa shape index (κ1) is 15.2. The Labute approximate surface area is 136 Å². The highest BCUT2D eigenvalue weighted by molar-refractivity contribution is 6.05. The molecule has 3 heteroatoms. The Morgan fingerprint density at radius 2 is 1.70 bits per heavy atom. The van der Waals surface area contributed by atoms with Gasteiger partial charge >= 0.3 is 0 Å². The number of carbonyl (C=O) groups excluding carboxylic acids is 1. The monoisotopic (exact) mass is 304 g/mol. The first-order valence-corrected chi connectivity index (χ1v) is 7.84. The van der Waals surface area contributed by atoms with Crippen molar-refractivity contribution in [3.8, 4) is 0 Å². The summed E-state index contributed by atoms with van der Waals surface area (Å²) in [5, 5.41) is 1.04. The average Bonchev–Trinajstić information content (AvgIpc) is 2.54. The standard InChI is InChI=1S/C20H20N2O/c1-4-22(17-12-14(2)11-15(3)13-17)20(23)19-10-9-16-7-5-6-8-18(16)21-19/h5-13H,4H2,1-3H3. The zero-order valence-corrected chi connectivity index (χ0v) is 13.7. The van der Waals surface area contributed by atoms with Crippen molar-refractivity contribution in [2.24, 2.45) is 0 Å². The third-order valence-electron chi connectivity index (χ3n) is 3.90. The van der Waals surface area contributed by atoms with Gasteiger partial charge in [0.1, 0.15) is 5.69 Å². The number of nitrogens with zero attached hydrogens (tertiary/aromatic N) is 2. The van der Waals surface area contributed by atoms with Crippen LogP contribution in [0.5, 0.6) is 0 Å². The van der Waals surface area contributed by atoms with Crippen LogP contribution in [0.1, 0.15) is 28.5 Å². The van der Waals surface area contributed by atoms with Gasteiger partial charge in [0.25, 0.3) is 5.91 Å². The lowest BCUT2D eigenvalue weighted by Crippen LogP contribution is -2.31. The molecule has 1 amide bonds. The van der Waals surface area contributed by atoms with Gasteiger partial charge in [-0.25, -0.2) is 4.98 Å². The molecule has 0 fully saturated rings. The second kappa shape index (κ2) is 6.21. The van der Waals surface area contributed by atoms with Crippen LogP contribution in [0.2, 0.25) is 0 Å². The third-order valence-corrected chi connectivity index (χ3v) is 3.90. The predicted molar refractivity (Wildman–Crippen MR) is 95.0 cm³/mol. The molecule has 1 heterocycles. The summed E-state index contributed by atoms with van der Waals surface area (Å²) >= 11 is 0. The van der Waals surface area contributed by atoms with Gasteiger partial charge in [-0.1, -0.05) is 30.3 Å². The van der Waals surface area contributed by atoms with Crippen LogP contribution < -0.4 is 4.90 Å². The van der Waals surface area contributed by atoms with Crippen LogP contribution in [0.15, 0.2) is 54.6 Å². The van der Waals surface area contributed by atoms with Crippen LogP contribution in [0.3, 0.4) is 0 Å². The highest BCUT2D eigenvalue weighted by Gasteiger charge is 2.18. The second-order valence-corrected chi connectivity index (χ2v) is 5.78.